The van der Waals surface area contributed by atoms with E-state index in [1.807, 2.05) is 0 Å². The Morgan fingerprint density at radius 2 is 1.86 bits per heavy atom. The second-order valence-corrected chi connectivity index (χ2v) is 5.27. The van der Waals surface area contributed by atoms with Crippen LogP contribution in [0.1, 0.15) is 19.8 Å². The molecule has 0 spiro atoms. The van der Waals surface area contributed by atoms with Crippen LogP contribution in [0.15, 0.2) is 24.3 Å². The number of benzene rings is 1. The Kier molecular flexibility index (Phi) is 5.44. The average Bonchev–Trinajstić information content (AvgIpc) is 2.50. The van der Waals surface area contributed by atoms with Gasteiger partial charge < -0.3 is 14.4 Å². The molecule has 0 unspecified atom stereocenters. The third-order valence-electron chi connectivity index (χ3n) is 3.39. The van der Waals surface area contributed by atoms with Gasteiger partial charge in [-0.1, -0.05) is 11.6 Å². The predicted molar refractivity (Wildman–Crippen MR) is 78.4 cm³/mol. The van der Waals surface area contributed by atoms with Gasteiger partial charge in [-0.2, -0.15) is 0 Å². The summed E-state index contributed by atoms with van der Waals surface area (Å²) in [6, 6.07) is 6.62. The van der Waals surface area contributed by atoms with E-state index in [0.29, 0.717) is 43.3 Å². The minimum atomic E-state index is -0.403. The van der Waals surface area contributed by atoms with Crippen molar-refractivity contribution in [3.63, 3.8) is 0 Å². The number of piperidine rings is 1. The van der Waals surface area contributed by atoms with Crippen LogP contribution in [0.5, 0.6) is 5.75 Å². The molecule has 0 N–H and O–H groups in total. The number of halogens is 1. The molecule has 0 aliphatic carbocycles. The third kappa shape index (κ3) is 4.36. The maximum atomic E-state index is 12.0. The van der Waals surface area contributed by atoms with E-state index in [-0.39, 0.29) is 11.9 Å². The summed E-state index contributed by atoms with van der Waals surface area (Å²) in [5.74, 6) is 0.157. The van der Waals surface area contributed by atoms with Crippen LogP contribution in [0, 0.1) is 5.92 Å². The van der Waals surface area contributed by atoms with Crippen LogP contribution in [0.2, 0.25) is 5.02 Å². The number of ether oxygens (including phenoxy) is 2. The number of carbonyl (C=O) groups excluding carboxylic acids is 2. The van der Waals surface area contributed by atoms with Gasteiger partial charge in [0.25, 0.3) is 0 Å². The normalized spacial score (nSPS) is 15.6. The molecule has 0 saturated carbocycles. The van der Waals surface area contributed by atoms with E-state index in [1.54, 1.807) is 36.1 Å². The quantitative estimate of drug-likeness (QED) is 0.805. The van der Waals surface area contributed by atoms with Crippen molar-refractivity contribution in [3.05, 3.63) is 29.3 Å². The van der Waals surface area contributed by atoms with Gasteiger partial charge in [-0.25, -0.2) is 4.79 Å². The van der Waals surface area contributed by atoms with Gasteiger partial charge >= 0.3 is 12.1 Å². The first-order valence-corrected chi connectivity index (χ1v) is 7.37. The SMILES string of the molecule is CCOC(=O)C1CCN(C(=O)Oc2ccc(Cl)cc2)CC1. The number of rotatable bonds is 3. The second kappa shape index (κ2) is 7.31. The number of amides is 1. The number of carbonyl (C=O) groups is 2. The summed E-state index contributed by atoms with van der Waals surface area (Å²) < 4.78 is 10.3. The van der Waals surface area contributed by atoms with Crippen LogP contribution < -0.4 is 4.74 Å². The number of hydrogen-bond donors (Lipinski definition) is 0. The summed E-state index contributed by atoms with van der Waals surface area (Å²) in [6.07, 6.45) is 0.808. The Morgan fingerprint density at radius 3 is 2.43 bits per heavy atom. The zero-order chi connectivity index (χ0) is 15.2. The van der Waals surface area contributed by atoms with E-state index < -0.39 is 6.09 Å². The topological polar surface area (TPSA) is 55.8 Å². The molecule has 1 heterocycles. The lowest BCUT2D eigenvalue weighted by atomic mass is 9.97. The molecule has 0 bridgehead atoms. The van der Waals surface area contributed by atoms with Gasteiger partial charge in [-0.15, -0.1) is 0 Å². The van der Waals surface area contributed by atoms with E-state index in [4.69, 9.17) is 21.1 Å². The Morgan fingerprint density at radius 1 is 1.24 bits per heavy atom. The van der Waals surface area contributed by atoms with E-state index in [0.717, 1.165) is 0 Å². The lowest BCUT2D eigenvalue weighted by molar-refractivity contribution is -0.149. The number of esters is 1. The summed E-state index contributed by atoms with van der Waals surface area (Å²) in [6.45, 7) is 3.17. The van der Waals surface area contributed by atoms with Crippen LogP contribution in [0.4, 0.5) is 4.79 Å². The molecule has 1 aliphatic heterocycles. The fourth-order valence-corrected chi connectivity index (χ4v) is 2.35. The summed E-state index contributed by atoms with van der Waals surface area (Å²) in [4.78, 5) is 25.2. The summed E-state index contributed by atoms with van der Waals surface area (Å²) in [5, 5.41) is 0.588. The smallest absolute Gasteiger partial charge is 0.415 e. The Hall–Kier alpha value is -1.75. The van der Waals surface area contributed by atoms with E-state index in [9.17, 15) is 9.59 Å². The monoisotopic (exact) mass is 311 g/mol. The van der Waals surface area contributed by atoms with Crippen LogP contribution in [0.3, 0.4) is 0 Å². The number of hydrogen-bond acceptors (Lipinski definition) is 4. The second-order valence-electron chi connectivity index (χ2n) is 4.84. The fourth-order valence-electron chi connectivity index (χ4n) is 2.23. The maximum Gasteiger partial charge on any atom is 0.415 e. The maximum absolute atomic E-state index is 12.0. The molecule has 0 atom stereocenters. The van der Waals surface area contributed by atoms with Crippen LogP contribution in [0.25, 0.3) is 0 Å². The van der Waals surface area contributed by atoms with Crippen LogP contribution >= 0.6 is 11.6 Å². The van der Waals surface area contributed by atoms with E-state index in [1.165, 1.54) is 0 Å². The summed E-state index contributed by atoms with van der Waals surface area (Å²) in [5.41, 5.74) is 0. The molecule has 0 radical (unpaired) electrons. The molecule has 6 heteroatoms. The van der Waals surface area contributed by atoms with Crippen molar-refractivity contribution in [2.24, 2.45) is 5.92 Å². The van der Waals surface area contributed by atoms with Crippen LogP contribution in [-0.2, 0) is 9.53 Å². The van der Waals surface area contributed by atoms with Crippen molar-refractivity contribution >= 4 is 23.7 Å². The molecule has 21 heavy (non-hydrogen) atoms. The van der Waals surface area contributed by atoms with Gasteiger partial charge in [-0.3, -0.25) is 4.79 Å². The van der Waals surface area contributed by atoms with Gasteiger partial charge in [0.1, 0.15) is 5.75 Å². The van der Waals surface area contributed by atoms with Gasteiger partial charge in [0, 0.05) is 18.1 Å². The summed E-state index contributed by atoms with van der Waals surface area (Å²) in [7, 11) is 0. The third-order valence-corrected chi connectivity index (χ3v) is 3.64. The van der Waals surface area contributed by atoms with Crippen molar-refractivity contribution in [2.45, 2.75) is 19.8 Å². The zero-order valence-corrected chi connectivity index (χ0v) is 12.6. The first kappa shape index (κ1) is 15.6. The molecule has 0 aromatic heterocycles. The van der Waals surface area contributed by atoms with Gasteiger partial charge in [-0.05, 0) is 44.0 Å². The highest BCUT2D eigenvalue weighted by molar-refractivity contribution is 6.30. The van der Waals surface area contributed by atoms with E-state index in [2.05, 4.69) is 0 Å². The predicted octanol–water partition coefficient (Wildman–Crippen LogP) is 3.11. The molecule has 1 fully saturated rings. The molecular weight excluding hydrogens is 294 g/mol. The van der Waals surface area contributed by atoms with Crippen molar-refractivity contribution in [3.8, 4) is 5.75 Å². The highest BCUT2D eigenvalue weighted by Crippen LogP contribution is 2.21. The van der Waals surface area contributed by atoms with Crippen molar-refractivity contribution in [2.75, 3.05) is 19.7 Å². The molecule has 1 saturated heterocycles. The molecule has 1 amide bonds. The molecule has 114 valence electrons. The molecule has 1 aromatic rings. The number of likely N-dealkylation sites (tertiary alicyclic amines) is 1. The van der Waals surface area contributed by atoms with Crippen molar-refractivity contribution < 1.29 is 19.1 Å². The molecular formula is C15H18ClNO4. The van der Waals surface area contributed by atoms with Gasteiger partial charge in [0.15, 0.2) is 0 Å². The first-order chi connectivity index (χ1) is 10.1. The Bertz CT molecular complexity index is 495. The first-order valence-electron chi connectivity index (χ1n) is 6.99. The van der Waals surface area contributed by atoms with E-state index >= 15 is 0 Å². The molecule has 1 aliphatic rings. The molecule has 5 nitrogen and oxygen atoms in total. The fraction of sp³-hybridized carbons (Fsp3) is 0.467. The molecule has 2 rings (SSSR count). The molecule has 1 aromatic carbocycles. The lowest BCUT2D eigenvalue weighted by Gasteiger charge is -2.30. The number of nitrogens with zero attached hydrogens (tertiary/aromatic N) is 1. The van der Waals surface area contributed by atoms with Gasteiger partial charge in [0.05, 0.1) is 12.5 Å². The lowest BCUT2D eigenvalue weighted by Crippen LogP contribution is -2.42. The van der Waals surface area contributed by atoms with Gasteiger partial charge in [0.2, 0.25) is 0 Å². The Labute approximate surface area is 128 Å². The van der Waals surface area contributed by atoms with Crippen LogP contribution in [-0.4, -0.2) is 36.7 Å². The zero-order valence-electron chi connectivity index (χ0n) is 11.9. The average molecular weight is 312 g/mol. The van der Waals surface area contributed by atoms with Crippen molar-refractivity contribution in [1.29, 1.82) is 0 Å². The standard InChI is InChI=1S/C15H18ClNO4/c1-2-20-14(18)11-7-9-17(10-8-11)15(19)21-13-5-3-12(16)4-6-13/h3-6,11H,2,7-10H2,1H3. The van der Waals surface area contributed by atoms with Crippen molar-refractivity contribution in [1.82, 2.24) is 4.90 Å². The minimum Gasteiger partial charge on any atom is -0.466 e. The highest BCUT2D eigenvalue weighted by atomic mass is 35.5. The minimum absolute atomic E-state index is 0.121. The highest BCUT2D eigenvalue weighted by Gasteiger charge is 2.29. The summed E-state index contributed by atoms with van der Waals surface area (Å²) >= 11 is 5.77. The largest absolute Gasteiger partial charge is 0.466 e. The Balaban J connectivity index is 1.83.